The number of carbonyl (C=O) groups excluding carboxylic acids is 2. The molecule has 2 aromatic rings. The van der Waals surface area contributed by atoms with Crippen LogP contribution < -0.4 is 10.2 Å². The minimum Gasteiger partial charge on any atom is -0.352 e. The number of hydrogen-bond acceptors (Lipinski definition) is 2. The van der Waals surface area contributed by atoms with E-state index in [0.717, 1.165) is 18.6 Å². The molecule has 1 aliphatic carbocycles. The topological polar surface area (TPSA) is 49.4 Å². The third-order valence-corrected chi connectivity index (χ3v) is 5.33. The molecule has 0 aromatic heterocycles. The molecule has 2 fully saturated rings. The van der Waals surface area contributed by atoms with Crippen molar-refractivity contribution in [2.75, 3.05) is 11.4 Å². The quantitative estimate of drug-likeness (QED) is 0.868. The Morgan fingerprint density at radius 3 is 2.54 bits per heavy atom. The maximum Gasteiger partial charge on any atom is 0.416 e. The smallest absolute Gasteiger partial charge is 0.352 e. The molecule has 4 nitrogen and oxygen atoms in total. The highest BCUT2D eigenvalue weighted by atomic mass is 19.4. The van der Waals surface area contributed by atoms with Crippen LogP contribution in [-0.2, 0) is 15.8 Å². The predicted octanol–water partition coefficient (Wildman–Crippen LogP) is 3.73. The van der Waals surface area contributed by atoms with Crippen LogP contribution in [0.2, 0.25) is 0 Å². The largest absolute Gasteiger partial charge is 0.416 e. The molecule has 7 heteroatoms. The molecule has 1 saturated heterocycles. The van der Waals surface area contributed by atoms with Gasteiger partial charge in [0.05, 0.1) is 11.5 Å². The molecule has 1 N–H and O–H groups in total. The lowest BCUT2D eigenvalue weighted by Gasteiger charge is -2.18. The van der Waals surface area contributed by atoms with E-state index in [0.29, 0.717) is 0 Å². The first-order chi connectivity index (χ1) is 13.3. The number of nitrogens with zero attached hydrogens (tertiary/aromatic N) is 1. The number of rotatable bonds is 4. The highest BCUT2D eigenvalue weighted by Gasteiger charge is 2.43. The zero-order valence-corrected chi connectivity index (χ0v) is 14.9. The number of halogens is 3. The van der Waals surface area contributed by atoms with Crippen LogP contribution in [0, 0.1) is 5.92 Å². The van der Waals surface area contributed by atoms with Gasteiger partial charge < -0.3 is 10.2 Å². The standard InChI is InChI=1S/C21H19F3N2O2/c22-21(23,24)15-7-4-8-16(10-15)26-12-14(9-19(26)27)20(28)25-18-11-17(18)13-5-2-1-3-6-13/h1-8,10,14,17-18H,9,11-12H2,(H,25,28)/t14-,17-,18-/m1/s1. The van der Waals surface area contributed by atoms with E-state index in [4.69, 9.17) is 0 Å². The van der Waals surface area contributed by atoms with Gasteiger partial charge in [0.25, 0.3) is 0 Å². The lowest BCUT2D eigenvalue weighted by Crippen LogP contribution is -2.34. The van der Waals surface area contributed by atoms with Gasteiger partial charge in [0.15, 0.2) is 0 Å². The summed E-state index contributed by atoms with van der Waals surface area (Å²) < 4.78 is 38.7. The second-order valence-electron chi connectivity index (χ2n) is 7.32. The first-order valence-corrected chi connectivity index (χ1v) is 9.16. The number of nitrogens with one attached hydrogen (secondary N) is 1. The molecule has 2 aromatic carbocycles. The van der Waals surface area contributed by atoms with Crippen LogP contribution in [0.15, 0.2) is 54.6 Å². The summed E-state index contributed by atoms with van der Waals surface area (Å²) in [5.41, 5.74) is 0.527. The zero-order valence-electron chi connectivity index (χ0n) is 14.9. The fraction of sp³-hybridized carbons (Fsp3) is 0.333. The monoisotopic (exact) mass is 388 g/mol. The van der Waals surface area contributed by atoms with Crippen LogP contribution in [0.5, 0.6) is 0 Å². The van der Waals surface area contributed by atoms with Gasteiger partial charge in [-0.15, -0.1) is 0 Å². The molecular formula is C21H19F3N2O2. The highest BCUT2D eigenvalue weighted by Crippen LogP contribution is 2.41. The van der Waals surface area contributed by atoms with Crippen molar-refractivity contribution in [3.8, 4) is 0 Å². The summed E-state index contributed by atoms with van der Waals surface area (Å²) in [5.74, 6) is -0.831. The van der Waals surface area contributed by atoms with Crippen molar-refractivity contribution < 1.29 is 22.8 Å². The molecule has 28 heavy (non-hydrogen) atoms. The van der Waals surface area contributed by atoms with Crippen molar-refractivity contribution in [2.24, 2.45) is 5.92 Å². The zero-order chi connectivity index (χ0) is 19.9. The predicted molar refractivity (Wildman–Crippen MR) is 97.6 cm³/mol. The summed E-state index contributed by atoms with van der Waals surface area (Å²) in [6.07, 6.45) is -3.62. The first kappa shape index (κ1) is 18.5. The molecule has 0 spiro atoms. The Hall–Kier alpha value is -2.83. The number of benzene rings is 2. The Balaban J connectivity index is 1.39. The molecule has 4 rings (SSSR count). The minimum atomic E-state index is -4.48. The van der Waals surface area contributed by atoms with E-state index in [1.165, 1.54) is 22.6 Å². The molecule has 2 aliphatic rings. The van der Waals surface area contributed by atoms with Crippen LogP contribution in [-0.4, -0.2) is 24.4 Å². The van der Waals surface area contributed by atoms with Crippen LogP contribution in [0.25, 0.3) is 0 Å². The summed E-state index contributed by atoms with van der Waals surface area (Å²) in [6.45, 7) is 0.0920. The van der Waals surface area contributed by atoms with Gasteiger partial charge >= 0.3 is 6.18 Å². The Morgan fingerprint density at radius 2 is 1.82 bits per heavy atom. The van der Waals surface area contributed by atoms with Crippen LogP contribution in [0.4, 0.5) is 18.9 Å². The third kappa shape index (κ3) is 3.74. The molecule has 0 bridgehead atoms. The van der Waals surface area contributed by atoms with E-state index in [1.807, 2.05) is 30.3 Å². The van der Waals surface area contributed by atoms with Gasteiger partial charge in [-0.05, 0) is 30.2 Å². The average Bonchev–Trinajstić information content (AvgIpc) is 3.33. The summed E-state index contributed by atoms with van der Waals surface area (Å²) in [4.78, 5) is 26.1. The Kier molecular flexibility index (Phi) is 4.61. The molecule has 0 radical (unpaired) electrons. The lowest BCUT2D eigenvalue weighted by atomic mass is 10.1. The van der Waals surface area contributed by atoms with Crippen molar-refractivity contribution >= 4 is 17.5 Å². The number of alkyl halides is 3. The fourth-order valence-corrected chi connectivity index (χ4v) is 3.71. The first-order valence-electron chi connectivity index (χ1n) is 9.16. The lowest BCUT2D eigenvalue weighted by molar-refractivity contribution is -0.137. The van der Waals surface area contributed by atoms with E-state index in [9.17, 15) is 22.8 Å². The van der Waals surface area contributed by atoms with E-state index in [2.05, 4.69) is 5.32 Å². The molecule has 146 valence electrons. The number of carbonyl (C=O) groups is 2. The average molecular weight is 388 g/mol. The van der Waals surface area contributed by atoms with E-state index in [1.54, 1.807) is 0 Å². The maximum atomic E-state index is 12.9. The van der Waals surface area contributed by atoms with Crippen molar-refractivity contribution in [3.63, 3.8) is 0 Å². The normalized spacial score (nSPS) is 24.3. The number of amides is 2. The third-order valence-electron chi connectivity index (χ3n) is 5.33. The molecule has 1 heterocycles. The maximum absolute atomic E-state index is 12.9. The van der Waals surface area contributed by atoms with Gasteiger partial charge in [-0.1, -0.05) is 36.4 Å². The summed E-state index contributed by atoms with van der Waals surface area (Å²) in [7, 11) is 0. The molecular weight excluding hydrogens is 369 g/mol. The summed E-state index contributed by atoms with van der Waals surface area (Å²) in [6, 6.07) is 14.6. The Bertz CT molecular complexity index is 898. The van der Waals surface area contributed by atoms with Crippen molar-refractivity contribution in [1.29, 1.82) is 0 Å². The molecule has 1 saturated carbocycles. The molecule has 2 amide bonds. The van der Waals surface area contributed by atoms with E-state index in [-0.39, 0.29) is 42.4 Å². The van der Waals surface area contributed by atoms with E-state index < -0.39 is 17.7 Å². The highest BCUT2D eigenvalue weighted by molar-refractivity contribution is 6.00. The SMILES string of the molecule is O=C(N[C@@H]1C[C@@H]1c1ccccc1)[C@@H]1CC(=O)N(c2cccc(C(F)(F)F)c2)C1. The van der Waals surface area contributed by atoms with Crippen molar-refractivity contribution in [1.82, 2.24) is 5.32 Å². The second kappa shape index (κ2) is 6.96. The number of anilines is 1. The minimum absolute atomic E-state index is 0.00476. The van der Waals surface area contributed by atoms with Gasteiger partial charge in [0.2, 0.25) is 11.8 Å². The molecule has 3 atom stereocenters. The van der Waals surface area contributed by atoms with E-state index >= 15 is 0 Å². The fourth-order valence-electron chi connectivity index (χ4n) is 3.71. The van der Waals surface area contributed by atoms with Crippen molar-refractivity contribution in [2.45, 2.75) is 31.0 Å². The van der Waals surface area contributed by atoms with Gasteiger partial charge in [0.1, 0.15) is 0 Å². The van der Waals surface area contributed by atoms with Crippen LogP contribution in [0.1, 0.15) is 29.9 Å². The van der Waals surface area contributed by atoms with Gasteiger partial charge in [-0.2, -0.15) is 13.2 Å². The van der Waals surface area contributed by atoms with Gasteiger partial charge in [-0.3, -0.25) is 9.59 Å². The van der Waals surface area contributed by atoms with Gasteiger partial charge in [0, 0.05) is 30.6 Å². The summed E-state index contributed by atoms with van der Waals surface area (Å²) in [5, 5.41) is 2.97. The molecule has 0 unspecified atom stereocenters. The van der Waals surface area contributed by atoms with Crippen LogP contribution in [0.3, 0.4) is 0 Å². The summed E-state index contributed by atoms with van der Waals surface area (Å²) >= 11 is 0. The van der Waals surface area contributed by atoms with Crippen molar-refractivity contribution in [3.05, 3.63) is 65.7 Å². The van der Waals surface area contributed by atoms with Gasteiger partial charge in [-0.25, -0.2) is 0 Å². The number of hydrogen-bond donors (Lipinski definition) is 1. The van der Waals surface area contributed by atoms with Crippen LogP contribution >= 0.6 is 0 Å². The Labute approximate surface area is 160 Å². The Morgan fingerprint density at radius 1 is 1.07 bits per heavy atom. The second-order valence-corrected chi connectivity index (χ2v) is 7.32. The molecule has 1 aliphatic heterocycles.